The first-order chi connectivity index (χ1) is 14.9. The van der Waals surface area contributed by atoms with Gasteiger partial charge in [0, 0.05) is 49.6 Å². The van der Waals surface area contributed by atoms with Crippen molar-refractivity contribution in [1.82, 2.24) is 34.4 Å². The van der Waals surface area contributed by atoms with E-state index >= 15 is 0 Å². The number of aliphatic imine (C=N–C) groups is 1. The molecule has 31 heavy (non-hydrogen) atoms. The molecule has 0 fully saturated rings. The van der Waals surface area contributed by atoms with E-state index in [1.54, 1.807) is 10.9 Å². The molecule has 2 aliphatic heterocycles. The van der Waals surface area contributed by atoms with E-state index in [9.17, 15) is 4.79 Å². The molecule has 9 heteroatoms. The summed E-state index contributed by atoms with van der Waals surface area (Å²) in [7, 11) is 1.89. The Labute approximate surface area is 180 Å². The molecule has 1 amide bonds. The summed E-state index contributed by atoms with van der Waals surface area (Å²) in [6.45, 7) is 7.71. The van der Waals surface area contributed by atoms with Gasteiger partial charge in [-0.05, 0) is 27.2 Å². The molecule has 0 N–H and O–H groups in total. The molecular formula is C22H26N8O. The second-order valence-corrected chi connectivity index (χ2v) is 8.49. The van der Waals surface area contributed by atoms with Gasteiger partial charge < -0.3 is 4.90 Å². The summed E-state index contributed by atoms with van der Waals surface area (Å²) in [6.07, 6.45) is 6.93. The zero-order valence-corrected chi connectivity index (χ0v) is 18.3. The number of nitrogens with zero attached hydrogens (tertiary/aromatic N) is 8. The number of rotatable bonds is 1. The van der Waals surface area contributed by atoms with Gasteiger partial charge in [0.15, 0.2) is 0 Å². The molecule has 0 spiro atoms. The molecule has 0 unspecified atom stereocenters. The molecule has 0 aromatic carbocycles. The summed E-state index contributed by atoms with van der Waals surface area (Å²) in [4.78, 5) is 29.3. The third-order valence-electron chi connectivity index (χ3n) is 5.88. The first kappa shape index (κ1) is 19.6. The number of carbonyl (C=O) groups is 1. The van der Waals surface area contributed by atoms with E-state index < -0.39 is 0 Å². The molecule has 9 nitrogen and oxygen atoms in total. The van der Waals surface area contributed by atoms with E-state index in [4.69, 9.17) is 9.98 Å². The fourth-order valence-corrected chi connectivity index (χ4v) is 4.28. The standard InChI is InChI=1S/C22H26N8O/c1-13(2)30-12-19-16(10-28(4)27-19)17-8-23-18-9-24-21(22(18)25-17)15-11-29(26-14(15)3)7-5-6-20(30)31/h8,10-11,13H,5-7,9,12H2,1-4H3. The average molecular weight is 419 g/mol. The third kappa shape index (κ3) is 3.43. The molecule has 4 bridgehead atoms. The molecule has 160 valence electrons. The van der Waals surface area contributed by atoms with E-state index in [1.165, 1.54) is 0 Å². The van der Waals surface area contributed by atoms with Crippen LogP contribution in [0.15, 0.2) is 23.6 Å². The minimum atomic E-state index is 0.0708. The van der Waals surface area contributed by atoms with Crippen LogP contribution in [-0.2, 0) is 31.5 Å². The van der Waals surface area contributed by atoms with Gasteiger partial charge >= 0.3 is 0 Å². The van der Waals surface area contributed by atoms with Crippen molar-refractivity contribution >= 4 is 11.6 Å². The summed E-state index contributed by atoms with van der Waals surface area (Å²) in [5, 5.41) is 9.30. The second kappa shape index (κ2) is 7.40. The van der Waals surface area contributed by atoms with E-state index in [2.05, 4.69) is 15.2 Å². The summed E-state index contributed by atoms with van der Waals surface area (Å²) >= 11 is 0. The van der Waals surface area contributed by atoms with Crippen LogP contribution in [0.2, 0.25) is 0 Å². The van der Waals surface area contributed by atoms with E-state index in [1.807, 2.05) is 49.8 Å². The van der Waals surface area contributed by atoms with Gasteiger partial charge in [-0.2, -0.15) is 10.2 Å². The van der Waals surface area contributed by atoms with E-state index in [-0.39, 0.29) is 11.9 Å². The second-order valence-electron chi connectivity index (χ2n) is 8.49. The fraction of sp³-hybridized carbons (Fsp3) is 0.455. The Kier molecular flexibility index (Phi) is 4.68. The molecule has 5 heterocycles. The SMILES string of the molecule is Cc1nn2cc1C1=NCc3ncc(nc31)-c1cn(C)nc1CN(C(C)C)C(=O)CCC2. The lowest BCUT2D eigenvalue weighted by atomic mass is 10.1. The number of hydrogen-bond donors (Lipinski definition) is 0. The monoisotopic (exact) mass is 418 g/mol. The predicted octanol–water partition coefficient (Wildman–Crippen LogP) is 2.26. The first-order valence-corrected chi connectivity index (χ1v) is 10.7. The highest BCUT2D eigenvalue weighted by Crippen LogP contribution is 2.28. The minimum Gasteiger partial charge on any atom is -0.334 e. The zero-order valence-electron chi connectivity index (χ0n) is 18.3. The Morgan fingerprint density at radius 1 is 1.10 bits per heavy atom. The zero-order chi connectivity index (χ0) is 21.7. The lowest BCUT2D eigenvalue weighted by molar-refractivity contribution is -0.133. The molecule has 0 saturated carbocycles. The number of fused-ring (bicyclic) bond motifs is 6. The molecule has 0 atom stereocenters. The highest BCUT2D eigenvalue weighted by Gasteiger charge is 2.27. The molecule has 0 saturated heterocycles. The van der Waals surface area contributed by atoms with Gasteiger partial charge in [0.2, 0.25) is 5.91 Å². The van der Waals surface area contributed by atoms with Crippen LogP contribution in [0.5, 0.6) is 0 Å². The van der Waals surface area contributed by atoms with Crippen LogP contribution in [0.25, 0.3) is 11.3 Å². The summed E-state index contributed by atoms with van der Waals surface area (Å²) in [6, 6.07) is 0.0708. The van der Waals surface area contributed by atoms with Gasteiger partial charge in [0.1, 0.15) is 5.69 Å². The first-order valence-electron chi connectivity index (χ1n) is 10.7. The lowest BCUT2D eigenvalue weighted by Crippen LogP contribution is -2.36. The van der Waals surface area contributed by atoms with Gasteiger partial charge in [-0.3, -0.25) is 24.1 Å². The Balaban J connectivity index is 1.67. The van der Waals surface area contributed by atoms with Crippen LogP contribution in [0.1, 0.15) is 55.0 Å². The van der Waals surface area contributed by atoms with Crippen LogP contribution in [0, 0.1) is 6.92 Å². The van der Waals surface area contributed by atoms with Crippen molar-refractivity contribution in [3.8, 4) is 11.3 Å². The Morgan fingerprint density at radius 2 is 1.94 bits per heavy atom. The molecule has 0 radical (unpaired) electrons. The predicted molar refractivity (Wildman–Crippen MR) is 115 cm³/mol. The van der Waals surface area contributed by atoms with Crippen LogP contribution in [-0.4, -0.2) is 52.1 Å². The normalized spacial score (nSPS) is 16.2. The quantitative estimate of drug-likeness (QED) is 0.604. The molecule has 2 aliphatic rings. The Bertz CT molecular complexity index is 1200. The number of hydrogen-bond acceptors (Lipinski definition) is 6. The van der Waals surface area contributed by atoms with Gasteiger partial charge in [-0.15, -0.1) is 0 Å². The highest BCUT2D eigenvalue weighted by molar-refractivity contribution is 6.14. The molecule has 5 rings (SSSR count). The smallest absolute Gasteiger partial charge is 0.223 e. The minimum absolute atomic E-state index is 0.0708. The molecule has 0 aliphatic carbocycles. The van der Waals surface area contributed by atoms with Crippen LogP contribution < -0.4 is 0 Å². The van der Waals surface area contributed by atoms with Crippen molar-refractivity contribution in [1.29, 1.82) is 0 Å². The van der Waals surface area contributed by atoms with Crippen molar-refractivity contribution in [2.24, 2.45) is 12.0 Å². The van der Waals surface area contributed by atoms with E-state index in [0.717, 1.165) is 51.7 Å². The van der Waals surface area contributed by atoms with Gasteiger partial charge in [-0.1, -0.05) is 0 Å². The number of carbonyl (C=O) groups excluding carboxylic acids is 1. The van der Waals surface area contributed by atoms with E-state index in [0.29, 0.717) is 26.1 Å². The summed E-state index contributed by atoms with van der Waals surface area (Å²) in [5.41, 5.74) is 6.86. The Hall–Kier alpha value is -3.36. The van der Waals surface area contributed by atoms with Crippen molar-refractivity contribution < 1.29 is 4.79 Å². The topological polar surface area (TPSA) is 94.1 Å². The molecule has 3 aromatic heterocycles. The lowest BCUT2D eigenvalue weighted by Gasteiger charge is -2.26. The van der Waals surface area contributed by atoms with Crippen LogP contribution in [0.4, 0.5) is 0 Å². The largest absolute Gasteiger partial charge is 0.334 e. The molecule has 3 aromatic rings. The number of aryl methyl sites for hydroxylation is 3. The summed E-state index contributed by atoms with van der Waals surface area (Å²) < 4.78 is 3.68. The maximum Gasteiger partial charge on any atom is 0.223 e. The van der Waals surface area contributed by atoms with Gasteiger partial charge in [0.05, 0.1) is 47.8 Å². The fourth-order valence-electron chi connectivity index (χ4n) is 4.28. The maximum atomic E-state index is 13.0. The summed E-state index contributed by atoms with van der Waals surface area (Å²) in [5.74, 6) is 0.121. The average Bonchev–Trinajstić information content (AvgIpc) is 3.41. The van der Waals surface area contributed by atoms with Gasteiger partial charge in [-0.25, -0.2) is 4.98 Å². The third-order valence-corrected chi connectivity index (χ3v) is 5.88. The van der Waals surface area contributed by atoms with Crippen molar-refractivity contribution in [2.45, 2.75) is 59.3 Å². The van der Waals surface area contributed by atoms with Crippen molar-refractivity contribution in [3.63, 3.8) is 0 Å². The van der Waals surface area contributed by atoms with Crippen molar-refractivity contribution in [2.75, 3.05) is 0 Å². The Morgan fingerprint density at radius 3 is 2.74 bits per heavy atom. The maximum absolute atomic E-state index is 13.0. The van der Waals surface area contributed by atoms with Gasteiger partial charge in [0.25, 0.3) is 0 Å². The number of amides is 1. The van der Waals surface area contributed by atoms with Crippen LogP contribution in [0.3, 0.4) is 0 Å². The van der Waals surface area contributed by atoms with Crippen LogP contribution >= 0.6 is 0 Å². The molecular weight excluding hydrogens is 392 g/mol. The highest BCUT2D eigenvalue weighted by atomic mass is 16.2. The van der Waals surface area contributed by atoms with Crippen molar-refractivity contribution in [3.05, 3.63) is 46.9 Å². The number of aromatic nitrogens is 6.